The Morgan fingerprint density at radius 3 is 3.00 bits per heavy atom. The first-order valence-corrected chi connectivity index (χ1v) is 7.74. The van der Waals surface area contributed by atoms with Gasteiger partial charge in [0.05, 0.1) is 0 Å². The van der Waals surface area contributed by atoms with Crippen molar-refractivity contribution in [2.45, 2.75) is 48.9 Å². The summed E-state index contributed by atoms with van der Waals surface area (Å²) in [6.45, 7) is 3.44. The highest BCUT2D eigenvalue weighted by atomic mass is 32.2. The predicted molar refractivity (Wildman–Crippen MR) is 78.9 cm³/mol. The number of hydrogen-bond donors (Lipinski definition) is 2. The zero-order valence-electron chi connectivity index (χ0n) is 11.4. The molecule has 0 aliphatic heterocycles. The van der Waals surface area contributed by atoms with E-state index in [-0.39, 0.29) is 5.69 Å². The van der Waals surface area contributed by atoms with Gasteiger partial charge in [-0.15, -0.1) is 5.10 Å². The van der Waals surface area contributed by atoms with Gasteiger partial charge in [-0.2, -0.15) is 0 Å². The molecule has 1 aliphatic carbocycles. The largest absolute Gasteiger partial charge is 0.343 e. The predicted octanol–water partition coefficient (Wildman–Crippen LogP) is 1.99. The molecule has 2 aromatic rings. The minimum Gasteiger partial charge on any atom is -0.310 e. The van der Waals surface area contributed by atoms with E-state index in [1.165, 1.54) is 30.2 Å². The van der Waals surface area contributed by atoms with Gasteiger partial charge >= 0.3 is 5.69 Å². The molecule has 1 aromatic carbocycles. The second-order valence-electron chi connectivity index (χ2n) is 4.92. The molecule has 5 nitrogen and oxygen atoms in total. The molecule has 0 amide bonds. The molecule has 106 valence electrons. The van der Waals surface area contributed by atoms with Crippen molar-refractivity contribution in [1.82, 2.24) is 20.1 Å². The van der Waals surface area contributed by atoms with E-state index in [4.69, 9.17) is 0 Å². The fourth-order valence-corrected chi connectivity index (χ4v) is 3.08. The highest BCUT2D eigenvalue weighted by Gasteiger charge is 2.20. The summed E-state index contributed by atoms with van der Waals surface area (Å²) < 4.78 is 1.65. The third kappa shape index (κ3) is 2.96. The summed E-state index contributed by atoms with van der Waals surface area (Å²) in [6.07, 6.45) is 2.56. The zero-order chi connectivity index (χ0) is 13.9. The number of H-pyrrole nitrogens is 1. The van der Waals surface area contributed by atoms with Crippen LogP contribution in [0.5, 0.6) is 0 Å². The summed E-state index contributed by atoms with van der Waals surface area (Å²) in [5.41, 5.74) is 1.10. The standard InChI is InChI=1S/C14H18N4OS/c1-2-18-13(19)16-17-14(18)20-12-6-4-3-5-10(12)9-15-11-7-8-11/h3-6,11,15H,2,7-9H2,1H3,(H,16,19). The van der Waals surface area contributed by atoms with E-state index in [2.05, 4.69) is 27.6 Å². The van der Waals surface area contributed by atoms with Crippen molar-refractivity contribution in [1.29, 1.82) is 0 Å². The van der Waals surface area contributed by atoms with E-state index < -0.39 is 0 Å². The van der Waals surface area contributed by atoms with E-state index in [1.807, 2.05) is 19.1 Å². The lowest BCUT2D eigenvalue weighted by atomic mass is 10.2. The van der Waals surface area contributed by atoms with Gasteiger partial charge in [-0.3, -0.25) is 4.57 Å². The van der Waals surface area contributed by atoms with Gasteiger partial charge in [0.1, 0.15) is 0 Å². The molecule has 0 radical (unpaired) electrons. The summed E-state index contributed by atoms with van der Waals surface area (Å²) >= 11 is 1.54. The van der Waals surface area contributed by atoms with Crippen LogP contribution in [0.3, 0.4) is 0 Å². The lowest BCUT2D eigenvalue weighted by Crippen LogP contribution is -2.17. The Hall–Kier alpha value is -1.53. The number of nitrogens with zero attached hydrogens (tertiary/aromatic N) is 2. The van der Waals surface area contributed by atoms with E-state index in [0.717, 1.165) is 16.6 Å². The lowest BCUT2D eigenvalue weighted by Gasteiger charge is -2.09. The van der Waals surface area contributed by atoms with Crippen LogP contribution >= 0.6 is 11.8 Å². The number of rotatable bonds is 6. The summed E-state index contributed by atoms with van der Waals surface area (Å²) in [7, 11) is 0. The van der Waals surface area contributed by atoms with Gasteiger partial charge in [-0.25, -0.2) is 9.89 Å². The molecule has 1 aromatic heterocycles. The topological polar surface area (TPSA) is 62.7 Å². The maximum atomic E-state index is 11.6. The van der Waals surface area contributed by atoms with Gasteiger partial charge in [0.2, 0.25) is 0 Å². The van der Waals surface area contributed by atoms with Gasteiger partial charge in [-0.05, 0) is 43.2 Å². The molecule has 1 heterocycles. The number of aromatic amines is 1. The van der Waals surface area contributed by atoms with Gasteiger partial charge < -0.3 is 5.32 Å². The summed E-state index contributed by atoms with van der Waals surface area (Å²) in [6, 6.07) is 8.95. The zero-order valence-corrected chi connectivity index (χ0v) is 12.2. The fraction of sp³-hybridized carbons (Fsp3) is 0.429. The maximum absolute atomic E-state index is 11.6. The quantitative estimate of drug-likeness (QED) is 0.854. The molecule has 2 N–H and O–H groups in total. The Bertz CT molecular complexity index is 645. The van der Waals surface area contributed by atoms with Gasteiger partial charge in [0.25, 0.3) is 0 Å². The molecule has 0 spiro atoms. The minimum absolute atomic E-state index is 0.149. The van der Waals surface area contributed by atoms with Crippen molar-refractivity contribution in [2.24, 2.45) is 0 Å². The number of nitrogens with one attached hydrogen (secondary N) is 2. The monoisotopic (exact) mass is 290 g/mol. The Morgan fingerprint density at radius 1 is 1.45 bits per heavy atom. The van der Waals surface area contributed by atoms with Crippen LogP contribution in [0, 0.1) is 0 Å². The molecule has 0 unspecified atom stereocenters. The Morgan fingerprint density at radius 2 is 2.25 bits per heavy atom. The van der Waals surface area contributed by atoms with Crippen molar-refractivity contribution in [3.63, 3.8) is 0 Å². The van der Waals surface area contributed by atoms with E-state index in [0.29, 0.717) is 12.6 Å². The molecule has 3 rings (SSSR count). The first-order chi connectivity index (χ1) is 9.78. The maximum Gasteiger partial charge on any atom is 0.343 e. The first kappa shape index (κ1) is 13.5. The number of aromatic nitrogens is 3. The van der Waals surface area contributed by atoms with E-state index in [1.54, 1.807) is 4.57 Å². The minimum atomic E-state index is -0.149. The summed E-state index contributed by atoms with van der Waals surface area (Å²) in [4.78, 5) is 12.7. The van der Waals surface area contributed by atoms with Gasteiger partial charge in [-0.1, -0.05) is 18.2 Å². The van der Waals surface area contributed by atoms with Crippen LogP contribution in [0.25, 0.3) is 0 Å². The van der Waals surface area contributed by atoms with Crippen LogP contribution in [-0.4, -0.2) is 20.8 Å². The lowest BCUT2D eigenvalue weighted by molar-refractivity contribution is 0.659. The molecule has 0 atom stereocenters. The van der Waals surface area contributed by atoms with Gasteiger partial charge in [0.15, 0.2) is 5.16 Å². The first-order valence-electron chi connectivity index (χ1n) is 6.92. The van der Waals surface area contributed by atoms with E-state index in [9.17, 15) is 4.79 Å². The molecular weight excluding hydrogens is 272 g/mol. The third-order valence-corrected chi connectivity index (χ3v) is 4.48. The third-order valence-electron chi connectivity index (χ3n) is 3.37. The van der Waals surface area contributed by atoms with Crippen LogP contribution in [-0.2, 0) is 13.1 Å². The van der Waals surface area contributed by atoms with Gasteiger partial charge in [0, 0.05) is 24.0 Å². The van der Waals surface area contributed by atoms with Crippen molar-refractivity contribution < 1.29 is 0 Å². The second-order valence-corrected chi connectivity index (χ2v) is 5.93. The van der Waals surface area contributed by atoms with Crippen molar-refractivity contribution in [3.05, 3.63) is 40.3 Å². The van der Waals surface area contributed by atoms with Crippen molar-refractivity contribution in [3.8, 4) is 0 Å². The van der Waals surface area contributed by atoms with E-state index >= 15 is 0 Å². The Kier molecular flexibility index (Phi) is 3.93. The van der Waals surface area contributed by atoms with Crippen molar-refractivity contribution in [2.75, 3.05) is 0 Å². The highest BCUT2D eigenvalue weighted by molar-refractivity contribution is 7.99. The van der Waals surface area contributed by atoms with Crippen LogP contribution in [0.4, 0.5) is 0 Å². The Balaban J connectivity index is 1.80. The highest BCUT2D eigenvalue weighted by Crippen LogP contribution is 2.29. The van der Waals surface area contributed by atoms with Crippen LogP contribution < -0.4 is 11.0 Å². The molecule has 6 heteroatoms. The second kappa shape index (κ2) is 5.85. The normalized spacial score (nSPS) is 14.7. The SMILES string of the molecule is CCn1c(Sc2ccccc2CNC2CC2)n[nH]c1=O. The average molecular weight is 290 g/mol. The molecule has 0 saturated heterocycles. The molecule has 20 heavy (non-hydrogen) atoms. The summed E-state index contributed by atoms with van der Waals surface area (Å²) in [5.74, 6) is 0. The fourth-order valence-electron chi connectivity index (χ4n) is 2.05. The Labute approximate surface area is 121 Å². The molecular formula is C14H18N4OS. The average Bonchev–Trinajstić information content (AvgIpc) is 3.22. The number of benzene rings is 1. The molecule has 1 saturated carbocycles. The number of hydrogen-bond acceptors (Lipinski definition) is 4. The van der Waals surface area contributed by atoms with Crippen LogP contribution in [0.2, 0.25) is 0 Å². The van der Waals surface area contributed by atoms with Crippen molar-refractivity contribution >= 4 is 11.8 Å². The smallest absolute Gasteiger partial charge is 0.310 e. The molecule has 1 fully saturated rings. The molecule has 1 aliphatic rings. The van der Waals surface area contributed by atoms with Crippen LogP contribution in [0.15, 0.2) is 39.1 Å². The van der Waals surface area contributed by atoms with Crippen LogP contribution in [0.1, 0.15) is 25.3 Å². The molecule has 0 bridgehead atoms. The summed E-state index contributed by atoms with van der Waals surface area (Å²) in [5, 5.41) is 10.8.